The minimum atomic E-state index is -3.72. The lowest BCUT2D eigenvalue weighted by Crippen LogP contribution is -2.26. The number of unbranched alkanes of at least 4 members (excludes halogenated alkanes) is 4. The number of hydrogen-bond donors (Lipinski definition) is 0. The summed E-state index contributed by atoms with van der Waals surface area (Å²) in [7, 11) is -2.17. The van der Waals surface area contributed by atoms with E-state index in [0.29, 0.717) is 12.2 Å². The lowest BCUT2D eigenvalue weighted by molar-refractivity contribution is 0.414. The number of rotatable bonds is 9. The zero-order valence-electron chi connectivity index (χ0n) is 16.0. The Bertz CT molecular complexity index is 850. The highest BCUT2D eigenvalue weighted by Gasteiger charge is 2.22. The Morgan fingerprint density at radius 2 is 1.67 bits per heavy atom. The number of nitrogens with zero attached hydrogens (tertiary/aromatic N) is 1. The molecule has 27 heavy (non-hydrogen) atoms. The largest absolute Gasteiger partial charge is 0.497 e. The highest BCUT2D eigenvalue weighted by atomic mass is 32.2. The molecule has 5 heteroatoms. The SMILES string of the molecule is CCCCCCC#CN(Cc1ccccc1)S(=O)(=O)c1ccc(OC)cc1. The minimum Gasteiger partial charge on any atom is -0.497 e. The van der Waals surface area contributed by atoms with Crippen LogP contribution in [0.15, 0.2) is 59.5 Å². The van der Waals surface area contributed by atoms with E-state index in [1.807, 2.05) is 30.3 Å². The molecule has 0 unspecified atom stereocenters. The molecule has 0 aliphatic heterocycles. The van der Waals surface area contributed by atoms with Gasteiger partial charge in [-0.2, -0.15) is 0 Å². The Kier molecular flexibility index (Phi) is 8.22. The summed E-state index contributed by atoms with van der Waals surface area (Å²) in [6, 6.07) is 18.8. The third-order valence-electron chi connectivity index (χ3n) is 4.18. The molecule has 0 aromatic heterocycles. The maximum atomic E-state index is 13.1. The molecule has 0 atom stereocenters. The van der Waals surface area contributed by atoms with Crippen LogP contribution in [0, 0.1) is 12.0 Å². The second-order valence-corrected chi connectivity index (χ2v) is 8.13. The fourth-order valence-corrected chi connectivity index (χ4v) is 3.83. The van der Waals surface area contributed by atoms with Gasteiger partial charge in [0.25, 0.3) is 10.0 Å². The van der Waals surface area contributed by atoms with E-state index in [1.165, 1.54) is 17.1 Å². The predicted octanol–water partition coefficient (Wildman–Crippen LogP) is 4.82. The highest BCUT2D eigenvalue weighted by Crippen LogP contribution is 2.21. The molecule has 0 spiro atoms. The number of methoxy groups -OCH3 is 1. The van der Waals surface area contributed by atoms with Gasteiger partial charge in [0.1, 0.15) is 5.75 Å². The third-order valence-corrected chi connectivity index (χ3v) is 5.84. The van der Waals surface area contributed by atoms with Crippen LogP contribution in [0.4, 0.5) is 0 Å². The normalized spacial score (nSPS) is 10.7. The average Bonchev–Trinajstić information content (AvgIpc) is 2.70. The summed E-state index contributed by atoms with van der Waals surface area (Å²) < 4.78 is 32.5. The van der Waals surface area contributed by atoms with E-state index < -0.39 is 10.0 Å². The van der Waals surface area contributed by atoms with E-state index in [-0.39, 0.29) is 11.4 Å². The summed E-state index contributed by atoms with van der Waals surface area (Å²) in [6.45, 7) is 2.38. The molecule has 2 rings (SSSR count). The topological polar surface area (TPSA) is 46.6 Å². The Hall–Kier alpha value is -2.45. The van der Waals surface area contributed by atoms with Gasteiger partial charge in [0, 0.05) is 12.5 Å². The van der Waals surface area contributed by atoms with Crippen LogP contribution in [0.2, 0.25) is 0 Å². The van der Waals surface area contributed by atoms with Gasteiger partial charge in [-0.05, 0) is 36.2 Å². The van der Waals surface area contributed by atoms with Crippen LogP contribution in [0.3, 0.4) is 0 Å². The second-order valence-electron chi connectivity index (χ2n) is 6.27. The van der Waals surface area contributed by atoms with Gasteiger partial charge < -0.3 is 4.74 Å². The third kappa shape index (κ3) is 6.33. The first kappa shape index (κ1) is 20.9. The van der Waals surface area contributed by atoms with Crippen LogP contribution >= 0.6 is 0 Å². The molecule has 0 heterocycles. The van der Waals surface area contributed by atoms with Crippen molar-refractivity contribution in [3.05, 3.63) is 60.2 Å². The minimum absolute atomic E-state index is 0.208. The summed E-state index contributed by atoms with van der Waals surface area (Å²) >= 11 is 0. The Balaban J connectivity index is 2.22. The van der Waals surface area contributed by atoms with Gasteiger partial charge >= 0.3 is 0 Å². The van der Waals surface area contributed by atoms with Crippen LogP contribution in [0.25, 0.3) is 0 Å². The van der Waals surface area contributed by atoms with Crippen molar-refractivity contribution in [3.8, 4) is 17.7 Å². The Morgan fingerprint density at radius 1 is 0.963 bits per heavy atom. The lowest BCUT2D eigenvalue weighted by Gasteiger charge is -2.18. The van der Waals surface area contributed by atoms with Crippen molar-refractivity contribution in [1.29, 1.82) is 0 Å². The van der Waals surface area contributed by atoms with Crippen molar-refractivity contribution in [3.63, 3.8) is 0 Å². The maximum absolute atomic E-state index is 13.1. The smallest absolute Gasteiger partial charge is 0.271 e. The van der Waals surface area contributed by atoms with Crippen LogP contribution in [0.5, 0.6) is 5.75 Å². The van der Waals surface area contributed by atoms with Crippen molar-refractivity contribution in [2.75, 3.05) is 7.11 Å². The van der Waals surface area contributed by atoms with Gasteiger partial charge in [-0.25, -0.2) is 12.7 Å². The van der Waals surface area contributed by atoms with E-state index in [0.717, 1.165) is 18.4 Å². The van der Waals surface area contributed by atoms with Crippen molar-refractivity contribution in [1.82, 2.24) is 4.31 Å². The van der Waals surface area contributed by atoms with Crippen LogP contribution in [-0.2, 0) is 16.6 Å². The molecule has 2 aromatic rings. The molecule has 144 valence electrons. The fraction of sp³-hybridized carbons (Fsp3) is 0.364. The molecular weight excluding hydrogens is 358 g/mol. The lowest BCUT2D eigenvalue weighted by atomic mass is 10.2. The van der Waals surface area contributed by atoms with E-state index in [1.54, 1.807) is 31.4 Å². The standard InChI is InChI=1S/C22H27NO3S/c1-3-4-5-6-7-11-18-23(19-20-12-9-8-10-13-20)27(24,25)22-16-14-21(26-2)15-17-22/h8-10,12-17H,3-7,19H2,1-2H3. The van der Waals surface area contributed by atoms with Gasteiger partial charge in [-0.1, -0.05) is 62.4 Å². The van der Waals surface area contributed by atoms with Gasteiger partial charge in [0.05, 0.1) is 18.6 Å². The highest BCUT2D eigenvalue weighted by molar-refractivity contribution is 7.89. The predicted molar refractivity (Wildman–Crippen MR) is 109 cm³/mol. The summed E-state index contributed by atoms with van der Waals surface area (Å²) in [6.07, 6.45) is 5.15. The molecule has 0 aliphatic rings. The van der Waals surface area contributed by atoms with Crippen LogP contribution < -0.4 is 4.74 Å². The quantitative estimate of drug-likeness (QED) is 0.353. The summed E-state index contributed by atoms with van der Waals surface area (Å²) in [4.78, 5) is 0.208. The molecule has 0 amide bonds. The molecule has 2 aromatic carbocycles. The molecule has 4 nitrogen and oxygen atoms in total. The molecule has 0 aliphatic carbocycles. The zero-order valence-corrected chi connectivity index (χ0v) is 16.8. The summed E-state index contributed by atoms with van der Waals surface area (Å²) in [5.74, 6) is 3.65. The van der Waals surface area contributed by atoms with Crippen molar-refractivity contribution < 1.29 is 13.2 Å². The molecule has 0 saturated heterocycles. The van der Waals surface area contributed by atoms with Gasteiger partial charge in [0.15, 0.2) is 0 Å². The van der Waals surface area contributed by atoms with E-state index in [9.17, 15) is 8.42 Å². The van der Waals surface area contributed by atoms with Crippen molar-refractivity contribution in [2.24, 2.45) is 0 Å². The first-order valence-electron chi connectivity index (χ1n) is 9.27. The van der Waals surface area contributed by atoms with Gasteiger partial charge in [-0.3, -0.25) is 0 Å². The number of ether oxygens (including phenoxy) is 1. The first-order valence-corrected chi connectivity index (χ1v) is 10.7. The Morgan fingerprint density at radius 3 is 2.30 bits per heavy atom. The van der Waals surface area contributed by atoms with E-state index in [2.05, 4.69) is 18.9 Å². The second kappa shape index (κ2) is 10.6. The van der Waals surface area contributed by atoms with Crippen LogP contribution in [0.1, 0.15) is 44.6 Å². The van der Waals surface area contributed by atoms with Crippen molar-refractivity contribution in [2.45, 2.75) is 50.5 Å². The van der Waals surface area contributed by atoms with Crippen LogP contribution in [-0.4, -0.2) is 19.8 Å². The average molecular weight is 386 g/mol. The van der Waals surface area contributed by atoms with Gasteiger partial charge in [-0.15, -0.1) is 0 Å². The zero-order chi connectivity index (χ0) is 19.5. The number of hydrogen-bond acceptors (Lipinski definition) is 3. The van der Waals surface area contributed by atoms with E-state index in [4.69, 9.17) is 4.74 Å². The maximum Gasteiger partial charge on any atom is 0.271 e. The Labute approximate surface area is 163 Å². The molecule has 0 N–H and O–H groups in total. The molecule has 0 bridgehead atoms. The van der Waals surface area contributed by atoms with Crippen molar-refractivity contribution >= 4 is 10.0 Å². The summed E-state index contributed by atoms with van der Waals surface area (Å²) in [5.41, 5.74) is 0.898. The van der Waals surface area contributed by atoms with E-state index >= 15 is 0 Å². The summed E-state index contributed by atoms with van der Waals surface area (Å²) in [5, 5.41) is 0. The molecule has 0 saturated carbocycles. The molecule has 0 radical (unpaired) electrons. The first-order chi connectivity index (χ1) is 13.1. The number of benzene rings is 2. The van der Waals surface area contributed by atoms with Gasteiger partial charge in [0.2, 0.25) is 0 Å². The molecular formula is C22H27NO3S. The number of sulfonamides is 1. The molecule has 0 fully saturated rings. The monoisotopic (exact) mass is 385 g/mol. The fourth-order valence-electron chi connectivity index (χ4n) is 2.59.